The number of imidazole rings is 1. The quantitative estimate of drug-likeness (QED) is 0.845. The van der Waals surface area contributed by atoms with Gasteiger partial charge in [0, 0.05) is 12.1 Å². The van der Waals surface area contributed by atoms with E-state index >= 15 is 0 Å². The van der Waals surface area contributed by atoms with Gasteiger partial charge in [0.05, 0.1) is 5.52 Å². The molecule has 1 unspecified atom stereocenters. The fourth-order valence-electron chi connectivity index (χ4n) is 2.46. The fraction of sp³-hybridized carbons (Fsp3) is 0.538. The zero-order valence-electron chi connectivity index (χ0n) is 10.2. The zero-order valence-corrected chi connectivity index (χ0v) is 10.2. The second-order valence-corrected chi connectivity index (χ2v) is 4.90. The summed E-state index contributed by atoms with van der Waals surface area (Å²) in [5, 5.41) is 3.40. The lowest BCUT2D eigenvalue weighted by Crippen LogP contribution is -2.09. The lowest BCUT2D eigenvalue weighted by atomic mass is 10.0. The highest BCUT2D eigenvalue weighted by atomic mass is 15.0. The summed E-state index contributed by atoms with van der Waals surface area (Å²) >= 11 is 0. The number of nitrogens with one attached hydrogen (secondary N) is 2. The van der Waals surface area contributed by atoms with Crippen molar-refractivity contribution in [3.05, 3.63) is 23.7 Å². The molecule has 90 valence electrons. The standard InChI is InChI=1S/C13H18N4/c1-9-2-4-11-13(15-9)17-12(16-11)5-3-10-6-7-14-8-10/h2,4,10,14H,3,5-8H2,1H3,(H,15,16,17). The first-order valence-corrected chi connectivity index (χ1v) is 6.34. The largest absolute Gasteiger partial charge is 0.341 e. The number of aromatic amines is 1. The Balaban J connectivity index is 1.72. The van der Waals surface area contributed by atoms with Crippen LogP contribution in [0, 0.1) is 12.8 Å². The smallest absolute Gasteiger partial charge is 0.177 e. The van der Waals surface area contributed by atoms with Gasteiger partial charge in [-0.05, 0) is 50.9 Å². The van der Waals surface area contributed by atoms with E-state index in [0.29, 0.717) is 0 Å². The highest BCUT2D eigenvalue weighted by molar-refractivity contribution is 5.70. The van der Waals surface area contributed by atoms with Gasteiger partial charge in [0.15, 0.2) is 5.65 Å². The predicted octanol–water partition coefficient (Wildman–Crippen LogP) is 1.81. The first kappa shape index (κ1) is 10.7. The van der Waals surface area contributed by atoms with Crippen molar-refractivity contribution in [3.8, 4) is 0 Å². The SMILES string of the molecule is Cc1ccc2[nH]c(CCC3CCNC3)nc2n1. The number of rotatable bonds is 3. The summed E-state index contributed by atoms with van der Waals surface area (Å²) in [7, 11) is 0. The van der Waals surface area contributed by atoms with Crippen molar-refractivity contribution in [2.45, 2.75) is 26.2 Å². The van der Waals surface area contributed by atoms with E-state index in [9.17, 15) is 0 Å². The normalized spacial score (nSPS) is 20.2. The van der Waals surface area contributed by atoms with E-state index in [4.69, 9.17) is 0 Å². The molecule has 17 heavy (non-hydrogen) atoms. The zero-order chi connectivity index (χ0) is 11.7. The summed E-state index contributed by atoms with van der Waals surface area (Å²) in [4.78, 5) is 12.3. The summed E-state index contributed by atoms with van der Waals surface area (Å²) in [6.45, 7) is 4.33. The Morgan fingerprint density at radius 2 is 2.29 bits per heavy atom. The lowest BCUT2D eigenvalue weighted by Gasteiger charge is -2.04. The molecule has 2 aromatic rings. The molecule has 0 aromatic carbocycles. The molecule has 2 aromatic heterocycles. The topological polar surface area (TPSA) is 53.6 Å². The molecule has 0 bridgehead atoms. The van der Waals surface area contributed by atoms with Gasteiger partial charge >= 0.3 is 0 Å². The number of hydrogen-bond acceptors (Lipinski definition) is 3. The van der Waals surface area contributed by atoms with E-state index in [1.165, 1.54) is 19.4 Å². The van der Waals surface area contributed by atoms with Crippen molar-refractivity contribution in [2.75, 3.05) is 13.1 Å². The Morgan fingerprint density at radius 1 is 1.35 bits per heavy atom. The first-order valence-electron chi connectivity index (χ1n) is 6.34. The second kappa shape index (κ2) is 4.45. The van der Waals surface area contributed by atoms with Crippen LogP contribution in [0.25, 0.3) is 11.2 Å². The molecule has 3 heterocycles. The third-order valence-corrected chi connectivity index (χ3v) is 3.49. The van der Waals surface area contributed by atoms with Gasteiger partial charge in [-0.2, -0.15) is 0 Å². The molecule has 0 saturated carbocycles. The van der Waals surface area contributed by atoms with Crippen LogP contribution < -0.4 is 5.32 Å². The summed E-state index contributed by atoms with van der Waals surface area (Å²) in [6.07, 6.45) is 3.55. The van der Waals surface area contributed by atoms with E-state index in [1.54, 1.807) is 0 Å². The lowest BCUT2D eigenvalue weighted by molar-refractivity contribution is 0.526. The maximum absolute atomic E-state index is 4.55. The minimum absolute atomic E-state index is 0.818. The molecule has 1 atom stereocenters. The van der Waals surface area contributed by atoms with Crippen LogP contribution >= 0.6 is 0 Å². The van der Waals surface area contributed by atoms with Crippen molar-refractivity contribution in [1.29, 1.82) is 0 Å². The third-order valence-electron chi connectivity index (χ3n) is 3.49. The Morgan fingerprint density at radius 3 is 3.12 bits per heavy atom. The molecule has 3 rings (SSSR count). The molecule has 1 saturated heterocycles. The maximum atomic E-state index is 4.55. The molecule has 0 aliphatic carbocycles. The minimum atomic E-state index is 0.818. The van der Waals surface area contributed by atoms with Gasteiger partial charge in [-0.3, -0.25) is 0 Å². The molecule has 1 aliphatic heterocycles. The number of nitrogens with zero attached hydrogens (tertiary/aromatic N) is 2. The van der Waals surface area contributed by atoms with Gasteiger partial charge in [0.1, 0.15) is 5.82 Å². The van der Waals surface area contributed by atoms with Crippen LogP contribution in [0.2, 0.25) is 0 Å². The van der Waals surface area contributed by atoms with Gasteiger partial charge in [-0.25, -0.2) is 9.97 Å². The van der Waals surface area contributed by atoms with Crippen LogP contribution in [-0.4, -0.2) is 28.0 Å². The van der Waals surface area contributed by atoms with Gasteiger partial charge in [-0.1, -0.05) is 0 Å². The summed E-state index contributed by atoms with van der Waals surface area (Å²) in [6, 6.07) is 4.08. The average Bonchev–Trinajstić information content (AvgIpc) is 2.94. The number of hydrogen-bond donors (Lipinski definition) is 2. The van der Waals surface area contributed by atoms with Crippen molar-refractivity contribution in [3.63, 3.8) is 0 Å². The number of H-pyrrole nitrogens is 1. The van der Waals surface area contributed by atoms with Gasteiger partial charge in [0.25, 0.3) is 0 Å². The highest BCUT2D eigenvalue weighted by Gasteiger charge is 2.15. The van der Waals surface area contributed by atoms with Gasteiger partial charge in [-0.15, -0.1) is 0 Å². The third kappa shape index (κ3) is 2.31. The predicted molar refractivity (Wildman–Crippen MR) is 67.9 cm³/mol. The number of aryl methyl sites for hydroxylation is 2. The molecule has 2 N–H and O–H groups in total. The molecular weight excluding hydrogens is 212 g/mol. The Labute approximate surface area is 101 Å². The molecule has 0 spiro atoms. The highest BCUT2D eigenvalue weighted by Crippen LogP contribution is 2.16. The molecule has 4 heteroatoms. The molecule has 0 amide bonds. The van der Waals surface area contributed by atoms with E-state index in [1.807, 2.05) is 13.0 Å². The number of pyridine rings is 1. The first-order chi connectivity index (χ1) is 8.31. The second-order valence-electron chi connectivity index (χ2n) is 4.90. The molecule has 0 radical (unpaired) electrons. The van der Waals surface area contributed by atoms with E-state index in [-0.39, 0.29) is 0 Å². The molecular formula is C13H18N4. The summed E-state index contributed by atoms with van der Waals surface area (Å²) in [5.41, 5.74) is 2.93. The van der Waals surface area contributed by atoms with Crippen molar-refractivity contribution in [1.82, 2.24) is 20.3 Å². The fourth-order valence-corrected chi connectivity index (χ4v) is 2.46. The van der Waals surface area contributed by atoms with Crippen LogP contribution in [0.3, 0.4) is 0 Å². The monoisotopic (exact) mass is 230 g/mol. The van der Waals surface area contributed by atoms with Crippen LogP contribution in [-0.2, 0) is 6.42 Å². The van der Waals surface area contributed by atoms with E-state index in [2.05, 4.69) is 26.3 Å². The minimum Gasteiger partial charge on any atom is -0.341 e. The van der Waals surface area contributed by atoms with E-state index < -0.39 is 0 Å². The van der Waals surface area contributed by atoms with E-state index in [0.717, 1.165) is 41.6 Å². The Kier molecular flexibility index (Phi) is 2.81. The average molecular weight is 230 g/mol. The summed E-state index contributed by atoms with van der Waals surface area (Å²) in [5.74, 6) is 1.89. The maximum Gasteiger partial charge on any atom is 0.177 e. The van der Waals surface area contributed by atoms with Crippen molar-refractivity contribution < 1.29 is 0 Å². The summed E-state index contributed by atoms with van der Waals surface area (Å²) < 4.78 is 0. The molecule has 4 nitrogen and oxygen atoms in total. The molecule has 1 aliphatic rings. The van der Waals surface area contributed by atoms with Crippen LogP contribution in [0.15, 0.2) is 12.1 Å². The van der Waals surface area contributed by atoms with Crippen LogP contribution in [0.5, 0.6) is 0 Å². The van der Waals surface area contributed by atoms with Crippen LogP contribution in [0.4, 0.5) is 0 Å². The van der Waals surface area contributed by atoms with Crippen LogP contribution in [0.1, 0.15) is 24.4 Å². The Hall–Kier alpha value is -1.42. The van der Waals surface area contributed by atoms with Crippen molar-refractivity contribution >= 4 is 11.2 Å². The number of aromatic nitrogens is 3. The molecule has 1 fully saturated rings. The van der Waals surface area contributed by atoms with Gasteiger partial charge in [0.2, 0.25) is 0 Å². The Bertz CT molecular complexity index is 511. The van der Waals surface area contributed by atoms with Crippen molar-refractivity contribution in [2.24, 2.45) is 5.92 Å². The number of fused-ring (bicyclic) bond motifs is 1. The van der Waals surface area contributed by atoms with Gasteiger partial charge < -0.3 is 10.3 Å².